The van der Waals surface area contributed by atoms with Gasteiger partial charge in [-0.25, -0.2) is 8.78 Å². The molecule has 0 saturated carbocycles. The predicted octanol–water partition coefficient (Wildman–Crippen LogP) is 3.57. The fourth-order valence-corrected chi connectivity index (χ4v) is 3.00. The lowest BCUT2D eigenvalue weighted by Crippen LogP contribution is -2.33. The molecule has 1 atom stereocenters. The van der Waals surface area contributed by atoms with Gasteiger partial charge in [0.05, 0.1) is 5.69 Å². The molecule has 0 aromatic heterocycles. The zero-order valence-electron chi connectivity index (χ0n) is 14.0. The lowest BCUT2D eigenvalue weighted by atomic mass is 10.1. The fourth-order valence-electron chi connectivity index (χ4n) is 3.00. The number of benzene rings is 2. The first-order valence-corrected chi connectivity index (χ1v) is 8.02. The zero-order valence-corrected chi connectivity index (χ0v) is 14.0. The number of hydrogen-bond acceptors (Lipinski definition) is 2. The van der Waals surface area contributed by atoms with E-state index >= 15 is 0 Å². The van der Waals surface area contributed by atoms with Gasteiger partial charge in [0, 0.05) is 18.3 Å². The van der Waals surface area contributed by atoms with E-state index in [-0.39, 0.29) is 11.6 Å². The van der Waals surface area contributed by atoms with Gasteiger partial charge in [-0.05, 0) is 49.6 Å². The monoisotopic (exact) mass is 344 g/mol. The number of hydrogen-bond donors (Lipinski definition) is 1. The molecule has 0 bridgehead atoms. The molecule has 1 fully saturated rings. The van der Waals surface area contributed by atoms with Gasteiger partial charge >= 0.3 is 0 Å². The molecule has 0 unspecified atom stereocenters. The van der Waals surface area contributed by atoms with E-state index in [9.17, 15) is 18.4 Å². The quantitative estimate of drug-likeness (QED) is 0.866. The van der Waals surface area contributed by atoms with Crippen molar-refractivity contribution in [2.75, 3.05) is 16.8 Å². The molecule has 6 heteroatoms. The predicted molar refractivity (Wildman–Crippen MR) is 91.4 cm³/mol. The first-order chi connectivity index (χ1) is 11.9. The van der Waals surface area contributed by atoms with Crippen LogP contribution in [0.4, 0.5) is 20.2 Å². The van der Waals surface area contributed by atoms with Gasteiger partial charge in [0.2, 0.25) is 11.8 Å². The number of nitrogens with one attached hydrogen (secondary N) is 1. The van der Waals surface area contributed by atoms with Crippen LogP contribution in [-0.2, 0) is 9.59 Å². The van der Waals surface area contributed by atoms with Crippen LogP contribution < -0.4 is 10.2 Å². The van der Waals surface area contributed by atoms with Gasteiger partial charge in [-0.15, -0.1) is 0 Å². The minimum absolute atomic E-state index is 0.135. The summed E-state index contributed by atoms with van der Waals surface area (Å²) in [5.74, 6) is -3.37. The zero-order chi connectivity index (χ0) is 18.1. The molecule has 1 aliphatic heterocycles. The van der Waals surface area contributed by atoms with Crippen LogP contribution in [0.5, 0.6) is 0 Å². The number of halogens is 2. The maximum absolute atomic E-state index is 13.7. The summed E-state index contributed by atoms with van der Waals surface area (Å²) in [5, 5.41) is 2.38. The van der Waals surface area contributed by atoms with E-state index in [2.05, 4.69) is 5.32 Å². The van der Waals surface area contributed by atoms with Crippen molar-refractivity contribution in [1.29, 1.82) is 0 Å². The number of amides is 2. The summed E-state index contributed by atoms with van der Waals surface area (Å²) in [6, 6.07) is 8.56. The van der Waals surface area contributed by atoms with Crippen LogP contribution in [-0.4, -0.2) is 18.4 Å². The van der Waals surface area contributed by atoms with E-state index in [1.54, 1.807) is 4.90 Å². The smallest absolute Gasteiger partial charge is 0.239 e. The summed E-state index contributed by atoms with van der Waals surface area (Å²) in [4.78, 5) is 26.6. The number of carbonyl (C=O) groups excluding carboxylic acids is 2. The number of anilines is 2. The Labute approximate surface area is 144 Å². The van der Waals surface area contributed by atoms with E-state index in [0.717, 1.165) is 28.9 Å². The molecule has 2 amide bonds. The maximum Gasteiger partial charge on any atom is 0.239 e. The van der Waals surface area contributed by atoms with E-state index in [4.69, 9.17) is 0 Å². The van der Waals surface area contributed by atoms with E-state index in [1.807, 2.05) is 32.0 Å². The third kappa shape index (κ3) is 3.24. The third-order valence-electron chi connectivity index (χ3n) is 4.58. The van der Waals surface area contributed by atoms with Gasteiger partial charge in [0.25, 0.3) is 0 Å². The van der Waals surface area contributed by atoms with Crippen molar-refractivity contribution < 1.29 is 18.4 Å². The van der Waals surface area contributed by atoms with Crippen LogP contribution in [0, 0.1) is 31.4 Å². The lowest BCUT2D eigenvalue weighted by molar-refractivity contribution is -0.129. The van der Waals surface area contributed by atoms with Gasteiger partial charge in [-0.1, -0.05) is 12.1 Å². The third-order valence-corrected chi connectivity index (χ3v) is 4.58. The molecule has 0 aliphatic carbocycles. The fraction of sp³-hybridized carbons (Fsp3) is 0.263. The van der Waals surface area contributed by atoms with Crippen molar-refractivity contribution in [2.24, 2.45) is 5.92 Å². The van der Waals surface area contributed by atoms with Crippen molar-refractivity contribution in [3.05, 3.63) is 59.2 Å². The molecule has 2 aromatic carbocycles. The van der Waals surface area contributed by atoms with Crippen molar-refractivity contribution in [3.8, 4) is 0 Å². The molecule has 0 spiro atoms. The average Bonchev–Trinajstić information content (AvgIpc) is 2.94. The Morgan fingerprint density at radius 3 is 2.68 bits per heavy atom. The normalized spacial score (nSPS) is 17.0. The number of rotatable bonds is 3. The molecule has 1 saturated heterocycles. The van der Waals surface area contributed by atoms with E-state index in [1.165, 1.54) is 0 Å². The minimum atomic E-state index is -0.885. The first-order valence-electron chi connectivity index (χ1n) is 8.02. The van der Waals surface area contributed by atoms with Gasteiger partial charge in [0.1, 0.15) is 17.6 Å². The van der Waals surface area contributed by atoms with Gasteiger partial charge in [-0.3, -0.25) is 9.59 Å². The second-order valence-electron chi connectivity index (χ2n) is 6.16. The lowest BCUT2D eigenvalue weighted by Gasteiger charge is -2.20. The highest BCUT2D eigenvalue weighted by Gasteiger charge is 2.38. The molecule has 2 aromatic rings. The van der Waals surface area contributed by atoms with Gasteiger partial charge in [0.15, 0.2) is 0 Å². The number of aryl methyl sites for hydroxylation is 1. The Bertz CT molecular complexity index is 851. The summed E-state index contributed by atoms with van der Waals surface area (Å²) in [7, 11) is 0. The Hall–Kier alpha value is -2.76. The molecule has 1 aliphatic rings. The van der Waals surface area contributed by atoms with E-state index < -0.39 is 23.5 Å². The van der Waals surface area contributed by atoms with Gasteiger partial charge in [-0.2, -0.15) is 0 Å². The Kier molecular flexibility index (Phi) is 4.53. The molecule has 3 rings (SSSR count). The number of nitrogens with zero attached hydrogens (tertiary/aromatic N) is 1. The van der Waals surface area contributed by atoms with Crippen LogP contribution in [0.15, 0.2) is 36.4 Å². The second-order valence-corrected chi connectivity index (χ2v) is 6.16. The van der Waals surface area contributed by atoms with Crippen molar-refractivity contribution >= 4 is 23.2 Å². The van der Waals surface area contributed by atoms with Crippen molar-refractivity contribution in [1.82, 2.24) is 0 Å². The van der Waals surface area contributed by atoms with Crippen LogP contribution in [0.2, 0.25) is 0 Å². The maximum atomic E-state index is 13.7. The molecule has 25 heavy (non-hydrogen) atoms. The Balaban J connectivity index is 1.77. The highest BCUT2D eigenvalue weighted by Crippen LogP contribution is 2.30. The molecule has 0 radical (unpaired) electrons. The second kappa shape index (κ2) is 6.63. The van der Waals surface area contributed by atoms with Gasteiger partial charge < -0.3 is 10.2 Å². The molecule has 130 valence electrons. The molecular formula is C19H18F2N2O2. The first kappa shape index (κ1) is 17.1. The van der Waals surface area contributed by atoms with Crippen LogP contribution in [0.25, 0.3) is 0 Å². The van der Waals surface area contributed by atoms with Crippen LogP contribution in [0.1, 0.15) is 17.5 Å². The molecule has 4 nitrogen and oxygen atoms in total. The van der Waals surface area contributed by atoms with Crippen molar-refractivity contribution in [3.63, 3.8) is 0 Å². The van der Waals surface area contributed by atoms with Crippen LogP contribution >= 0.6 is 0 Å². The highest BCUT2D eigenvalue weighted by molar-refractivity contribution is 6.13. The Morgan fingerprint density at radius 2 is 1.96 bits per heavy atom. The minimum Gasteiger partial charge on any atom is -0.323 e. The van der Waals surface area contributed by atoms with Crippen LogP contribution in [0.3, 0.4) is 0 Å². The molecular weight excluding hydrogens is 326 g/mol. The average molecular weight is 344 g/mol. The summed E-state index contributed by atoms with van der Waals surface area (Å²) in [5.41, 5.74) is 2.70. The summed E-state index contributed by atoms with van der Waals surface area (Å²) in [6.45, 7) is 4.31. The largest absolute Gasteiger partial charge is 0.323 e. The number of carbonyl (C=O) groups is 2. The van der Waals surface area contributed by atoms with E-state index in [0.29, 0.717) is 19.0 Å². The molecule has 1 N–H and O–H groups in total. The molecule has 1 heterocycles. The topological polar surface area (TPSA) is 49.4 Å². The SMILES string of the molecule is Cc1cccc(N2CC[C@@H](C(=O)Nc3ccc(F)cc3F)C2=O)c1C. The summed E-state index contributed by atoms with van der Waals surface area (Å²) in [6.07, 6.45) is 0.348. The Morgan fingerprint density at radius 1 is 1.20 bits per heavy atom. The van der Waals surface area contributed by atoms with Crippen molar-refractivity contribution in [2.45, 2.75) is 20.3 Å². The highest BCUT2D eigenvalue weighted by atomic mass is 19.1. The summed E-state index contributed by atoms with van der Waals surface area (Å²) < 4.78 is 26.6. The standard InChI is InChI=1S/C19H18F2N2O2/c1-11-4-3-5-17(12(11)2)23-9-8-14(19(23)25)18(24)22-16-7-6-13(20)10-15(16)21/h3-7,10,14H,8-9H2,1-2H3,(H,22,24)/t14-/m0/s1. The summed E-state index contributed by atoms with van der Waals surface area (Å²) >= 11 is 0.